The van der Waals surface area contributed by atoms with Crippen LogP contribution in [0.5, 0.6) is 0 Å². The molecule has 2 rings (SSSR count). The summed E-state index contributed by atoms with van der Waals surface area (Å²) in [6, 6.07) is 1.79. The molecule has 0 saturated heterocycles. The Bertz CT molecular complexity index is 605. The summed E-state index contributed by atoms with van der Waals surface area (Å²) in [4.78, 5) is 15.8. The van der Waals surface area contributed by atoms with Crippen molar-refractivity contribution in [3.05, 3.63) is 34.2 Å². The Hall–Kier alpha value is -1.55. The largest absolute Gasteiger partial charge is 0.477 e. The predicted molar refractivity (Wildman–Crippen MR) is 70.5 cm³/mol. The number of halogens is 1. The molecule has 1 N–H and O–H groups in total. The zero-order chi connectivity index (χ0) is 13.3. The van der Waals surface area contributed by atoms with E-state index in [1.165, 1.54) is 0 Å². The first-order valence-electron chi connectivity index (χ1n) is 5.95. The van der Waals surface area contributed by atoms with Crippen LogP contribution in [0.4, 0.5) is 0 Å². The van der Waals surface area contributed by atoms with Crippen LogP contribution in [-0.2, 0) is 6.42 Å². The number of aromatic carboxylic acids is 1. The summed E-state index contributed by atoms with van der Waals surface area (Å²) in [5.41, 5.74) is 2.41. The van der Waals surface area contributed by atoms with Crippen molar-refractivity contribution in [2.24, 2.45) is 0 Å². The zero-order valence-electron chi connectivity index (χ0n) is 10.4. The van der Waals surface area contributed by atoms with Crippen molar-refractivity contribution < 1.29 is 9.90 Å². The molecule has 0 bridgehead atoms. The van der Waals surface area contributed by atoms with Gasteiger partial charge in [-0.05, 0) is 31.4 Å². The minimum absolute atomic E-state index is 0.226. The maximum Gasteiger partial charge on any atom is 0.354 e. The topological polar surface area (TPSA) is 54.6 Å². The number of pyridine rings is 1. The Morgan fingerprint density at radius 2 is 2.28 bits per heavy atom. The normalized spacial score (nSPS) is 11.1. The van der Waals surface area contributed by atoms with E-state index in [0.29, 0.717) is 22.8 Å². The van der Waals surface area contributed by atoms with Gasteiger partial charge in [0.15, 0.2) is 5.69 Å². The van der Waals surface area contributed by atoms with E-state index >= 15 is 0 Å². The highest BCUT2D eigenvalue weighted by Crippen LogP contribution is 2.21. The molecular formula is C13H15ClN2O2. The lowest BCUT2D eigenvalue weighted by Gasteiger charge is -2.01. The van der Waals surface area contributed by atoms with Crippen molar-refractivity contribution in [1.29, 1.82) is 0 Å². The van der Waals surface area contributed by atoms with Crippen LogP contribution in [0.25, 0.3) is 5.65 Å². The van der Waals surface area contributed by atoms with Gasteiger partial charge in [0.05, 0.1) is 10.7 Å². The quantitative estimate of drug-likeness (QED) is 0.923. The van der Waals surface area contributed by atoms with Crippen LogP contribution < -0.4 is 0 Å². The number of carboxylic acids is 1. The third-order valence-electron chi connectivity index (χ3n) is 2.91. The summed E-state index contributed by atoms with van der Waals surface area (Å²) in [6.45, 7) is 3.95. The van der Waals surface area contributed by atoms with Crippen LogP contribution in [0.3, 0.4) is 0 Å². The van der Waals surface area contributed by atoms with Crippen LogP contribution in [0.15, 0.2) is 12.3 Å². The number of carbonyl (C=O) groups is 1. The molecule has 5 heteroatoms. The highest BCUT2D eigenvalue weighted by atomic mass is 35.5. The second-order valence-corrected chi connectivity index (χ2v) is 4.79. The minimum Gasteiger partial charge on any atom is -0.477 e. The number of aromatic nitrogens is 2. The molecule has 0 saturated carbocycles. The van der Waals surface area contributed by atoms with Gasteiger partial charge in [0.2, 0.25) is 0 Å². The van der Waals surface area contributed by atoms with Crippen LogP contribution >= 0.6 is 11.6 Å². The van der Waals surface area contributed by atoms with Gasteiger partial charge < -0.3 is 5.11 Å². The number of hydrogen-bond acceptors (Lipinski definition) is 2. The van der Waals surface area contributed by atoms with E-state index in [4.69, 9.17) is 11.6 Å². The van der Waals surface area contributed by atoms with Crippen molar-refractivity contribution in [3.63, 3.8) is 0 Å². The number of hydrogen-bond donors (Lipinski definition) is 1. The lowest BCUT2D eigenvalue weighted by Crippen LogP contribution is -2.05. The first-order chi connectivity index (χ1) is 8.54. The SMILES string of the molecule is CCCCc1nc2c(C)cc(Cl)cn2c1C(=O)O. The molecule has 18 heavy (non-hydrogen) atoms. The van der Waals surface area contributed by atoms with Gasteiger partial charge in [-0.1, -0.05) is 24.9 Å². The average Bonchev–Trinajstić information content (AvgIpc) is 2.64. The highest BCUT2D eigenvalue weighted by molar-refractivity contribution is 6.30. The molecule has 0 aromatic carbocycles. The molecular weight excluding hydrogens is 252 g/mol. The van der Waals surface area contributed by atoms with Gasteiger partial charge >= 0.3 is 5.97 Å². The zero-order valence-corrected chi connectivity index (χ0v) is 11.2. The molecule has 0 aliphatic rings. The molecule has 0 fully saturated rings. The summed E-state index contributed by atoms with van der Waals surface area (Å²) in [7, 11) is 0. The third kappa shape index (κ3) is 2.20. The Morgan fingerprint density at radius 3 is 2.89 bits per heavy atom. The van der Waals surface area contributed by atoms with Crippen LogP contribution in [0, 0.1) is 6.92 Å². The van der Waals surface area contributed by atoms with Gasteiger partial charge in [-0.25, -0.2) is 9.78 Å². The molecule has 4 nitrogen and oxygen atoms in total. The van der Waals surface area contributed by atoms with Crippen molar-refractivity contribution in [1.82, 2.24) is 9.38 Å². The Labute approximate surface area is 110 Å². The number of fused-ring (bicyclic) bond motifs is 1. The van der Waals surface area contributed by atoms with E-state index in [1.54, 1.807) is 16.7 Å². The third-order valence-corrected chi connectivity index (χ3v) is 3.12. The summed E-state index contributed by atoms with van der Waals surface area (Å²) < 4.78 is 1.57. The molecule has 0 amide bonds. The van der Waals surface area contributed by atoms with Crippen LogP contribution in [-0.4, -0.2) is 20.5 Å². The molecule has 0 aliphatic heterocycles. The maximum atomic E-state index is 11.4. The molecule has 0 spiro atoms. The standard InChI is InChI=1S/C13H15ClN2O2/c1-3-4-5-10-11(13(17)18)16-7-9(14)6-8(2)12(16)15-10/h6-7H,3-5H2,1-2H3,(H,17,18). The lowest BCUT2D eigenvalue weighted by atomic mass is 10.2. The van der Waals surface area contributed by atoms with Gasteiger partial charge in [0, 0.05) is 6.20 Å². The molecule has 0 radical (unpaired) electrons. The molecule has 0 atom stereocenters. The number of nitrogens with zero attached hydrogens (tertiary/aromatic N) is 2. The van der Waals surface area contributed by atoms with Crippen molar-refractivity contribution >= 4 is 23.2 Å². The molecule has 96 valence electrons. The maximum absolute atomic E-state index is 11.4. The number of rotatable bonds is 4. The molecule has 2 aromatic rings. The van der Waals surface area contributed by atoms with E-state index in [0.717, 1.165) is 18.4 Å². The second-order valence-electron chi connectivity index (χ2n) is 4.35. The molecule has 0 unspecified atom stereocenters. The summed E-state index contributed by atoms with van der Waals surface area (Å²) in [5, 5.41) is 9.85. The predicted octanol–water partition coefficient (Wildman–Crippen LogP) is 3.34. The fourth-order valence-electron chi connectivity index (χ4n) is 2.06. The van der Waals surface area contributed by atoms with E-state index in [9.17, 15) is 9.90 Å². The first-order valence-corrected chi connectivity index (χ1v) is 6.32. The van der Waals surface area contributed by atoms with E-state index in [1.807, 2.05) is 6.92 Å². The van der Waals surface area contributed by atoms with E-state index in [-0.39, 0.29) is 5.69 Å². The first kappa shape index (κ1) is 12.9. The Morgan fingerprint density at radius 1 is 1.56 bits per heavy atom. The van der Waals surface area contributed by atoms with E-state index < -0.39 is 5.97 Å². The second kappa shape index (κ2) is 4.98. The Balaban J connectivity index is 2.67. The molecule has 2 heterocycles. The lowest BCUT2D eigenvalue weighted by molar-refractivity contribution is 0.0688. The van der Waals surface area contributed by atoms with Gasteiger partial charge in [-0.3, -0.25) is 4.40 Å². The summed E-state index contributed by atoms with van der Waals surface area (Å²) in [6.07, 6.45) is 4.22. The van der Waals surface area contributed by atoms with Gasteiger partial charge in [0.25, 0.3) is 0 Å². The monoisotopic (exact) mass is 266 g/mol. The van der Waals surface area contributed by atoms with Crippen molar-refractivity contribution in [2.75, 3.05) is 0 Å². The van der Waals surface area contributed by atoms with Gasteiger partial charge in [-0.15, -0.1) is 0 Å². The molecule has 2 aromatic heterocycles. The number of imidazole rings is 1. The van der Waals surface area contributed by atoms with Gasteiger partial charge in [-0.2, -0.15) is 0 Å². The number of aryl methyl sites for hydroxylation is 2. The highest BCUT2D eigenvalue weighted by Gasteiger charge is 2.19. The van der Waals surface area contributed by atoms with Crippen molar-refractivity contribution in [2.45, 2.75) is 33.1 Å². The smallest absolute Gasteiger partial charge is 0.354 e. The van der Waals surface area contributed by atoms with Crippen molar-refractivity contribution in [3.8, 4) is 0 Å². The fourth-order valence-corrected chi connectivity index (χ4v) is 2.32. The van der Waals surface area contributed by atoms with Gasteiger partial charge in [0.1, 0.15) is 5.65 Å². The number of carboxylic acid groups (broad SMARTS) is 1. The fraction of sp³-hybridized carbons (Fsp3) is 0.385. The average molecular weight is 267 g/mol. The molecule has 0 aliphatic carbocycles. The van der Waals surface area contributed by atoms with Crippen LogP contribution in [0.1, 0.15) is 41.5 Å². The minimum atomic E-state index is -0.963. The summed E-state index contributed by atoms with van der Waals surface area (Å²) in [5.74, 6) is -0.963. The van der Waals surface area contributed by atoms with Crippen LogP contribution in [0.2, 0.25) is 5.02 Å². The Kier molecular flexibility index (Phi) is 3.57. The van der Waals surface area contributed by atoms with E-state index in [2.05, 4.69) is 11.9 Å². The number of unbranched alkanes of at least 4 members (excludes halogenated alkanes) is 1. The summed E-state index contributed by atoms with van der Waals surface area (Å²) >= 11 is 5.97.